The number of thioether (sulfide) groups is 1. The Bertz CT molecular complexity index is 1330. The van der Waals surface area contributed by atoms with E-state index in [1.165, 1.54) is 33.6 Å². The van der Waals surface area contributed by atoms with E-state index in [1.54, 1.807) is 23.4 Å². The zero-order valence-electron chi connectivity index (χ0n) is 16.7. The van der Waals surface area contributed by atoms with Crippen molar-refractivity contribution in [1.82, 2.24) is 14.1 Å². The third-order valence-corrected chi connectivity index (χ3v) is 7.36. The Morgan fingerprint density at radius 2 is 1.76 bits per heavy atom. The molecule has 148 valence electrons. The van der Waals surface area contributed by atoms with Crippen molar-refractivity contribution in [2.75, 3.05) is 0 Å². The number of nitrogens with zero attached hydrogens (tertiary/aromatic N) is 3. The largest absolute Gasteiger partial charge is 0.289 e. The second-order valence-electron chi connectivity index (χ2n) is 7.17. The molecular weight excluding hydrogens is 418 g/mol. The summed E-state index contributed by atoms with van der Waals surface area (Å²) in [6.45, 7) is 6.25. The normalized spacial score (nSPS) is 11.3. The summed E-state index contributed by atoms with van der Waals surface area (Å²) in [5.41, 5.74) is 6.41. The van der Waals surface area contributed by atoms with Crippen LogP contribution in [0.2, 0.25) is 0 Å². The summed E-state index contributed by atoms with van der Waals surface area (Å²) in [6, 6.07) is 14.5. The lowest BCUT2D eigenvalue weighted by Gasteiger charge is -2.11. The van der Waals surface area contributed by atoms with Crippen molar-refractivity contribution in [3.63, 3.8) is 0 Å². The molecule has 2 aromatic carbocycles. The highest BCUT2D eigenvalue weighted by molar-refractivity contribution is 7.98. The molecule has 0 bridgehead atoms. The fourth-order valence-electron chi connectivity index (χ4n) is 3.16. The monoisotopic (exact) mass is 439 g/mol. The maximum Gasteiger partial charge on any atom is 0.273 e. The van der Waals surface area contributed by atoms with Crippen LogP contribution in [0.25, 0.3) is 16.0 Å². The second kappa shape index (κ2) is 7.89. The predicted octanol–water partition coefficient (Wildman–Crippen LogP) is 5.73. The third kappa shape index (κ3) is 3.82. The van der Waals surface area contributed by atoms with Crippen molar-refractivity contribution in [2.45, 2.75) is 31.7 Å². The molecule has 0 unspecified atom stereocenters. The van der Waals surface area contributed by atoms with Crippen LogP contribution >= 0.6 is 35.3 Å². The molecule has 4 aromatic rings. The van der Waals surface area contributed by atoms with Gasteiger partial charge in [-0.1, -0.05) is 64.6 Å². The zero-order valence-corrected chi connectivity index (χ0v) is 19.2. The van der Waals surface area contributed by atoms with Gasteiger partial charge in [0, 0.05) is 18.5 Å². The van der Waals surface area contributed by atoms with E-state index in [4.69, 9.17) is 17.2 Å². The van der Waals surface area contributed by atoms with E-state index in [2.05, 4.69) is 32.0 Å². The van der Waals surface area contributed by atoms with Gasteiger partial charge in [-0.05, 0) is 56.2 Å². The number of thiazole rings is 1. The van der Waals surface area contributed by atoms with Gasteiger partial charge in [0.2, 0.25) is 0 Å². The van der Waals surface area contributed by atoms with Crippen molar-refractivity contribution in [3.05, 3.63) is 79.0 Å². The molecule has 2 aromatic heterocycles. The quantitative estimate of drug-likeness (QED) is 0.231. The average Bonchev–Trinajstić information content (AvgIpc) is 3.03. The van der Waals surface area contributed by atoms with Crippen molar-refractivity contribution < 1.29 is 0 Å². The van der Waals surface area contributed by atoms with Crippen molar-refractivity contribution >= 4 is 45.7 Å². The molecule has 0 radical (unpaired) electrons. The second-order valence-corrected chi connectivity index (χ2v) is 9.76. The first-order valence-corrected chi connectivity index (χ1v) is 11.4. The molecule has 0 aliphatic carbocycles. The number of aromatic nitrogens is 3. The zero-order chi connectivity index (χ0) is 20.7. The summed E-state index contributed by atoms with van der Waals surface area (Å²) < 4.78 is 4.75. The van der Waals surface area contributed by atoms with Gasteiger partial charge < -0.3 is 0 Å². The van der Waals surface area contributed by atoms with E-state index >= 15 is 0 Å². The molecule has 0 spiro atoms. The van der Waals surface area contributed by atoms with Gasteiger partial charge in [-0.15, -0.1) is 0 Å². The Labute approximate surface area is 182 Å². The number of hydrogen-bond donors (Lipinski definition) is 0. The van der Waals surface area contributed by atoms with Crippen LogP contribution in [0.5, 0.6) is 0 Å². The summed E-state index contributed by atoms with van der Waals surface area (Å²) in [5, 5.41) is 0.692. The summed E-state index contributed by atoms with van der Waals surface area (Å²) in [7, 11) is 1.78. The summed E-state index contributed by atoms with van der Waals surface area (Å²) >= 11 is 8.47. The van der Waals surface area contributed by atoms with Crippen LogP contribution < -0.4 is 5.56 Å². The van der Waals surface area contributed by atoms with Crippen LogP contribution in [0, 0.1) is 24.7 Å². The van der Waals surface area contributed by atoms with Crippen molar-refractivity contribution in [2.24, 2.45) is 7.05 Å². The Balaban J connectivity index is 1.81. The van der Waals surface area contributed by atoms with Crippen LogP contribution in [-0.4, -0.2) is 14.1 Å². The van der Waals surface area contributed by atoms with E-state index in [0.717, 1.165) is 11.4 Å². The van der Waals surface area contributed by atoms with E-state index < -0.39 is 0 Å². The van der Waals surface area contributed by atoms with Crippen molar-refractivity contribution in [1.29, 1.82) is 0 Å². The van der Waals surface area contributed by atoms with Crippen LogP contribution in [0.15, 0.2) is 52.4 Å². The van der Waals surface area contributed by atoms with Crippen molar-refractivity contribution in [3.8, 4) is 5.69 Å². The van der Waals surface area contributed by atoms with Gasteiger partial charge in [0.05, 0.1) is 0 Å². The lowest BCUT2D eigenvalue weighted by atomic mass is 10.1. The molecule has 4 rings (SSSR count). The Morgan fingerprint density at radius 1 is 1.07 bits per heavy atom. The molecule has 4 nitrogen and oxygen atoms in total. The van der Waals surface area contributed by atoms with Gasteiger partial charge in [-0.3, -0.25) is 13.9 Å². The number of fused-ring (bicyclic) bond motifs is 1. The maximum absolute atomic E-state index is 13.0. The van der Waals surface area contributed by atoms with E-state index in [1.807, 2.05) is 35.8 Å². The summed E-state index contributed by atoms with van der Waals surface area (Å²) in [5.74, 6) is 0.759. The van der Waals surface area contributed by atoms with E-state index in [0.29, 0.717) is 19.5 Å². The molecule has 0 amide bonds. The Kier molecular flexibility index (Phi) is 5.46. The lowest BCUT2D eigenvalue weighted by Crippen LogP contribution is -2.19. The molecule has 0 saturated heterocycles. The van der Waals surface area contributed by atoms with Gasteiger partial charge in [0.1, 0.15) is 4.70 Å². The maximum atomic E-state index is 13.0. The average molecular weight is 440 g/mol. The van der Waals surface area contributed by atoms with Gasteiger partial charge in [0.15, 0.2) is 14.8 Å². The molecule has 0 atom stereocenters. The number of aryl methyl sites for hydroxylation is 3. The predicted molar refractivity (Wildman–Crippen MR) is 125 cm³/mol. The topological polar surface area (TPSA) is 39.8 Å². The fourth-order valence-corrected chi connectivity index (χ4v) is 5.54. The smallest absolute Gasteiger partial charge is 0.273 e. The van der Waals surface area contributed by atoms with Crippen LogP contribution in [0.4, 0.5) is 0 Å². The molecule has 0 N–H and O–H groups in total. The van der Waals surface area contributed by atoms with Gasteiger partial charge >= 0.3 is 0 Å². The number of benzene rings is 2. The minimum absolute atomic E-state index is 0.0552. The lowest BCUT2D eigenvalue weighted by molar-refractivity contribution is 0.722. The van der Waals surface area contributed by atoms with Crippen LogP contribution in [0.3, 0.4) is 0 Å². The molecule has 0 saturated carbocycles. The first kappa shape index (κ1) is 20.1. The minimum atomic E-state index is -0.0552. The Hall–Kier alpha value is -2.22. The highest BCUT2D eigenvalue weighted by Crippen LogP contribution is 2.28. The highest BCUT2D eigenvalue weighted by atomic mass is 32.2. The first-order valence-electron chi connectivity index (χ1n) is 9.23. The van der Waals surface area contributed by atoms with Gasteiger partial charge in [-0.25, -0.2) is 4.98 Å². The van der Waals surface area contributed by atoms with Gasteiger partial charge in [0.25, 0.3) is 5.56 Å². The molecular formula is C22H21N3OS3. The summed E-state index contributed by atoms with van der Waals surface area (Å²) in [4.78, 5) is 17.8. The molecule has 7 heteroatoms. The fraction of sp³-hybridized carbons (Fsp3) is 0.227. The molecule has 0 aliphatic rings. The van der Waals surface area contributed by atoms with Crippen LogP contribution in [-0.2, 0) is 12.8 Å². The number of rotatable bonds is 4. The Morgan fingerprint density at radius 3 is 2.48 bits per heavy atom. The molecule has 29 heavy (non-hydrogen) atoms. The van der Waals surface area contributed by atoms with Crippen LogP contribution in [0.1, 0.15) is 22.3 Å². The van der Waals surface area contributed by atoms with E-state index in [9.17, 15) is 4.79 Å². The summed E-state index contributed by atoms with van der Waals surface area (Å²) in [6.07, 6.45) is 0. The first-order chi connectivity index (χ1) is 13.8. The molecule has 0 fully saturated rings. The minimum Gasteiger partial charge on any atom is -0.289 e. The molecule has 0 aliphatic heterocycles. The third-order valence-electron chi connectivity index (χ3n) is 4.93. The number of hydrogen-bond acceptors (Lipinski definition) is 5. The SMILES string of the molecule is Cc1ccc(-n2c(=S)sc3c(=O)n(C)c(SCc4cc(C)ccc4C)nc32)cc1. The van der Waals surface area contributed by atoms with Gasteiger partial charge in [-0.2, -0.15) is 0 Å². The highest BCUT2D eigenvalue weighted by Gasteiger charge is 2.16. The molecule has 2 heterocycles. The standard InChI is InChI=1S/C22H21N3OS3/c1-13-6-9-17(10-7-13)25-19-18(29-22(25)27)20(26)24(4)21(23-19)28-12-16-11-14(2)5-8-15(16)3/h5-11H,12H2,1-4H3. The van der Waals surface area contributed by atoms with E-state index in [-0.39, 0.29) is 5.56 Å².